The third kappa shape index (κ3) is 26.6. The van der Waals surface area contributed by atoms with Crippen molar-refractivity contribution in [3.63, 3.8) is 0 Å². The number of phosphoric ester groups is 1. The summed E-state index contributed by atoms with van der Waals surface area (Å²) in [5.41, 5.74) is 0. The molecule has 0 aromatic rings. The van der Waals surface area contributed by atoms with E-state index in [1.807, 2.05) is 21.1 Å². The first-order valence-corrected chi connectivity index (χ1v) is 15.7. The van der Waals surface area contributed by atoms with E-state index in [4.69, 9.17) is 18.5 Å². The van der Waals surface area contributed by atoms with E-state index in [0.29, 0.717) is 17.6 Å². The van der Waals surface area contributed by atoms with Crippen LogP contribution in [0.3, 0.4) is 0 Å². The number of hydrogen-bond acceptors (Lipinski definition) is 7. The van der Waals surface area contributed by atoms with Gasteiger partial charge in [0, 0.05) is 13.5 Å². The van der Waals surface area contributed by atoms with Gasteiger partial charge in [0.2, 0.25) is 0 Å². The number of phosphoric acid groups is 1. The molecule has 0 aromatic carbocycles. The summed E-state index contributed by atoms with van der Waals surface area (Å²) in [6.45, 7) is 4.41. The minimum absolute atomic E-state index is 0.0260. The van der Waals surface area contributed by atoms with Crippen LogP contribution in [0, 0.1) is 0 Å². The number of nitrogens with zero attached hydrogens (tertiary/aromatic N) is 1. The van der Waals surface area contributed by atoms with E-state index in [-0.39, 0.29) is 19.8 Å². The van der Waals surface area contributed by atoms with Crippen LogP contribution in [0.15, 0.2) is 0 Å². The molecular formula is C27H56NO7P. The van der Waals surface area contributed by atoms with Gasteiger partial charge in [-0.15, -0.1) is 0 Å². The predicted molar refractivity (Wildman–Crippen MR) is 144 cm³/mol. The van der Waals surface area contributed by atoms with Crippen LogP contribution in [0.4, 0.5) is 0 Å². The maximum Gasteiger partial charge on any atom is 0.303 e. The molecule has 0 heterocycles. The summed E-state index contributed by atoms with van der Waals surface area (Å²) in [7, 11) is 1.35. The van der Waals surface area contributed by atoms with Crippen LogP contribution in [0.1, 0.15) is 110 Å². The molecule has 0 bridgehead atoms. The molecule has 2 atom stereocenters. The van der Waals surface area contributed by atoms with Crippen molar-refractivity contribution in [2.24, 2.45) is 0 Å². The molecule has 8 nitrogen and oxygen atoms in total. The largest absolute Gasteiger partial charge is 0.756 e. The van der Waals surface area contributed by atoms with Crippen LogP contribution in [0.2, 0.25) is 0 Å². The molecule has 9 heteroatoms. The quantitative estimate of drug-likeness (QED) is 0.0577. The zero-order chi connectivity index (χ0) is 27.1. The molecule has 0 rings (SSSR count). The van der Waals surface area contributed by atoms with Gasteiger partial charge in [0.25, 0.3) is 7.82 Å². The zero-order valence-corrected chi connectivity index (χ0v) is 24.9. The van der Waals surface area contributed by atoms with Gasteiger partial charge in [-0.3, -0.25) is 9.36 Å². The molecule has 0 aliphatic rings. The number of carbonyl (C=O) groups is 1. The fraction of sp³-hybridized carbons (Fsp3) is 0.963. The molecule has 2 unspecified atom stereocenters. The van der Waals surface area contributed by atoms with Crippen LogP contribution in [-0.2, 0) is 27.9 Å². The molecule has 0 saturated carbocycles. The van der Waals surface area contributed by atoms with E-state index in [9.17, 15) is 14.3 Å². The van der Waals surface area contributed by atoms with E-state index in [1.54, 1.807) is 0 Å². The number of ether oxygens (including phenoxy) is 2. The Morgan fingerprint density at radius 3 is 1.67 bits per heavy atom. The Bertz CT molecular complexity index is 569. The summed E-state index contributed by atoms with van der Waals surface area (Å²) in [6.07, 6.45) is 18.8. The predicted octanol–water partition coefficient (Wildman–Crippen LogP) is 6.01. The number of carbonyl (C=O) groups excluding carboxylic acids is 1. The van der Waals surface area contributed by atoms with Crippen molar-refractivity contribution in [3.8, 4) is 0 Å². The maximum absolute atomic E-state index is 11.9. The van der Waals surface area contributed by atoms with Crippen LogP contribution in [-0.4, -0.2) is 70.7 Å². The first-order chi connectivity index (χ1) is 17.1. The van der Waals surface area contributed by atoms with E-state index in [1.165, 1.54) is 90.4 Å². The van der Waals surface area contributed by atoms with E-state index in [2.05, 4.69) is 6.92 Å². The van der Waals surface area contributed by atoms with Crippen molar-refractivity contribution in [3.05, 3.63) is 0 Å². The van der Waals surface area contributed by atoms with Crippen LogP contribution in [0.25, 0.3) is 0 Å². The van der Waals surface area contributed by atoms with Crippen molar-refractivity contribution in [2.45, 2.75) is 116 Å². The number of esters is 1. The van der Waals surface area contributed by atoms with Crippen LogP contribution >= 0.6 is 7.82 Å². The molecule has 0 N–H and O–H groups in total. The number of unbranched alkanes of at least 4 members (excludes halogenated alkanes) is 14. The molecule has 216 valence electrons. The highest BCUT2D eigenvalue weighted by atomic mass is 31.2. The zero-order valence-electron chi connectivity index (χ0n) is 24.0. The summed E-state index contributed by atoms with van der Waals surface area (Å²) in [6, 6.07) is 0. The van der Waals surface area contributed by atoms with Gasteiger partial charge in [-0.25, -0.2) is 0 Å². The molecule has 0 amide bonds. The number of quaternary nitrogens is 1. The third-order valence-corrected chi connectivity index (χ3v) is 6.92. The topological polar surface area (TPSA) is 94.1 Å². The first kappa shape index (κ1) is 35.5. The average molecular weight is 538 g/mol. The first-order valence-electron chi connectivity index (χ1n) is 14.2. The fourth-order valence-corrected chi connectivity index (χ4v) is 4.51. The molecule has 0 radical (unpaired) electrons. The second-order valence-electron chi connectivity index (χ2n) is 10.8. The van der Waals surface area contributed by atoms with E-state index < -0.39 is 19.9 Å². The van der Waals surface area contributed by atoms with Crippen molar-refractivity contribution >= 4 is 13.8 Å². The summed E-state index contributed by atoms with van der Waals surface area (Å²) in [5, 5.41) is 0. The Balaban J connectivity index is 3.74. The molecule has 0 fully saturated rings. The van der Waals surface area contributed by atoms with Gasteiger partial charge in [0.05, 0.1) is 34.4 Å². The van der Waals surface area contributed by atoms with Gasteiger partial charge in [-0.05, 0) is 6.42 Å². The highest BCUT2D eigenvalue weighted by Gasteiger charge is 2.19. The summed E-state index contributed by atoms with van der Waals surface area (Å²) in [5.74, 6) is -0.508. The third-order valence-electron chi connectivity index (χ3n) is 5.96. The molecule has 0 aliphatic heterocycles. The smallest absolute Gasteiger partial charge is 0.303 e. The van der Waals surface area contributed by atoms with Crippen molar-refractivity contribution in [1.29, 1.82) is 0 Å². The highest BCUT2D eigenvalue weighted by Crippen LogP contribution is 2.38. The Labute approximate surface area is 221 Å². The Morgan fingerprint density at radius 2 is 1.22 bits per heavy atom. The van der Waals surface area contributed by atoms with Crippen molar-refractivity contribution in [2.75, 3.05) is 54.1 Å². The monoisotopic (exact) mass is 537 g/mol. The molecule has 0 aromatic heterocycles. The lowest BCUT2D eigenvalue weighted by atomic mass is 10.0. The SMILES string of the molecule is CCCCCCCCCCCCCCCCCOCC(COP(=O)([O-])OCC[N+](C)(C)C)OC(C)=O. The average Bonchev–Trinajstić information content (AvgIpc) is 2.78. The summed E-state index contributed by atoms with van der Waals surface area (Å²) in [4.78, 5) is 23.3. The summed E-state index contributed by atoms with van der Waals surface area (Å²) < 4.78 is 33.0. The molecular weight excluding hydrogens is 481 g/mol. The van der Waals surface area contributed by atoms with Crippen molar-refractivity contribution in [1.82, 2.24) is 0 Å². The minimum atomic E-state index is -4.46. The fourth-order valence-electron chi connectivity index (χ4n) is 3.78. The van der Waals surface area contributed by atoms with Crippen LogP contribution < -0.4 is 4.89 Å². The highest BCUT2D eigenvalue weighted by molar-refractivity contribution is 7.45. The number of hydrogen-bond donors (Lipinski definition) is 0. The second-order valence-corrected chi connectivity index (χ2v) is 12.3. The Kier molecular flexibility index (Phi) is 22.2. The van der Waals surface area contributed by atoms with Gasteiger partial charge < -0.3 is 27.9 Å². The number of likely N-dealkylation sites (N-methyl/N-ethyl adjacent to an activating group) is 1. The lowest BCUT2D eigenvalue weighted by Gasteiger charge is -2.28. The molecule has 0 aliphatic carbocycles. The van der Waals surface area contributed by atoms with E-state index >= 15 is 0 Å². The van der Waals surface area contributed by atoms with Gasteiger partial charge in [0.15, 0.2) is 0 Å². The molecule has 36 heavy (non-hydrogen) atoms. The lowest BCUT2D eigenvalue weighted by Crippen LogP contribution is -2.37. The second kappa shape index (κ2) is 22.5. The van der Waals surface area contributed by atoms with Gasteiger partial charge in [0.1, 0.15) is 19.3 Å². The van der Waals surface area contributed by atoms with Gasteiger partial charge in [-0.2, -0.15) is 0 Å². The number of rotatable bonds is 26. The lowest BCUT2D eigenvalue weighted by molar-refractivity contribution is -0.870. The standard InChI is InChI=1S/C27H56NO7P/c1-6-7-8-9-10-11-12-13-14-15-16-17-18-19-20-22-32-24-27(35-26(2)29)25-34-36(30,31)33-23-21-28(3,4)5/h27H,6-25H2,1-5H3. The molecule has 0 saturated heterocycles. The normalized spacial score (nSPS) is 14.5. The molecule has 0 spiro atoms. The van der Waals surface area contributed by atoms with Gasteiger partial charge >= 0.3 is 5.97 Å². The Morgan fingerprint density at radius 1 is 0.750 bits per heavy atom. The minimum Gasteiger partial charge on any atom is -0.756 e. The van der Waals surface area contributed by atoms with Crippen LogP contribution in [0.5, 0.6) is 0 Å². The van der Waals surface area contributed by atoms with Crippen molar-refractivity contribution < 1.29 is 37.3 Å². The summed E-state index contributed by atoms with van der Waals surface area (Å²) >= 11 is 0. The Hall–Kier alpha value is -0.500. The maximum atomic E-state index is 11.9. The van der Waals surface area contributed by atoms with Gasteiger partial charge in [-0.1, -0.05) is 96.8 Å². The van der Waals surface area contributed by atoms with E-state index in [0.717, 1.165) is 12.8 Å².